The Hall–Kier alpha value is -0.690. The lowest BCUT2D eigenvalue weighted by Crippen LogP contribution is -2.03. The summed E-state index contributed by atoms with van der Waals surface area (Å²) in [6.07, 6.45) is 8.85. The maximum atomic E-state index is 10.4. The van der Waals surface area contributed by atoms with Crippen molar-refractivity contribution in [3.63, 3.8) is 0 Å². The number of nitrogens with zero attached hydrogens (tertiary/aromatic N) is 1. The highest BCUT2D eigenvalue weighted by molar-refractivity contribution is 7.85. The van der Waals surface area contributed by atoms with E-state index in [-0.39, 0.29) is 5.75 Å². The van der Waals surface area contributed by atoms with Crippen molar-refractivity contribution in [2.24, 2.45) is 0 Å². The van der Waals surface area contributed by atoms with E-state index in [1.807, 2.05) is 0 Å². The van der Waals surface area contributed by atoms with Crippen LogP contribution in [0, 0.1) is 10.1 Å². The van der Waals surface area contributed by atoms with Gasteiger partial charge in [-0.3, -0.25) is 14.7 Å². The highest BCUT2D eigenvalue weighted by Crippen LogP contribution is 2.08. The third-order valence-corrected chi connectivity index (χ3v) is 3.06. The molecule has 110 valence electrons. The second-order valence-electron chi connectivity index (χ2n) is 4.20. The molecular weight excluding hydrogens is 258 g/mol. The molecule has 0 heterocycles. The lowest BCUT2D eigenvalue weighted by atomic mass is 10.1. The van der Waals surface area contributed by atoms with Gasteiger partial charge in [0.15, 0.2) is 7.05 Å². The van der Waals surface area contributed by atoms with Crippen molar-refractivity contribution < 1.29 is 17.9 Å². The van der Waals surface area contributed by atoms with Crippen LogP contribution in [0.15, 0.2) is 0 Å². The second kappa shape index (κ2) is 12.8. The van der Waals surface area contributed by atoms with E-state index in [4.69, 9.17) is 14.7 Å². The van der Waals surface area contributed by atoms with E-state index in [1.165, 1.54) is 32.1 Å². The monoisotopic (exact) mass is 283 g/mol. The Kier molecular flexibility index (Phi) is 13.9. The van der Waals surface area contributed by atoms with Gasteiger partial charge in [-0.2, -0.15) is 8.42 Å². The summed E-state index contributed by atoms with van der Waals surface area (Å²) in [4.78, 5) is 8.31. The van der Waals surface area contributed by atoms with Gasteiger partial charge < -0.3 is 0 Å². The second-order valence-corrected chi connectivity index (χ2v) is 5.77. The molecule has 0 rings (SSSR count). The first-order valence-corrected chi connectivity index (χ1v) is 7.93. The molecule has 0 amide bonds. The molecule has 0 aromatic rings. The van der Waals surface area contributed by atoms with Gasteiger partial charge in [0.25, 0.3) is 10.1 Å². The minimum absolute atomic E-state index is 0.0814. The summed E-state index contributed by atoms with van der Waals surface area (Å²) < 4.78 is 29.2. The topological polar surface area (TPSA) is 97.5 Å². The summed E-state index contributed by atoms with van der Waals surface area (Å²) in [5, 5.41) is 8.81. The van der Waals surface area contributed by atoms with Gasteiger partial charge in [-0.05, 0) is 6.42 Å². The van der Waals surface area contributed by atoms with Gasteiger partial charge in [0.2, 0.25) is 0 Å². The van der Waals surface area contributed by atoms with Gasteiger partial charge in [-0.25, -0.2) is 0 Å². The zero-order valence-corrected chi connectivity index (χ0v) is 12.1. The van der Waals surface area contributed by atoms with Crippen molar-refractivity contribution in [3.8, 4) is 0 Å². The van der Waals surface area contributed by atoms with Crippen molar-refractivity contribution >= 4 is 10.1 Å². The number of rotatable bonds is 9. The summed E-state index contributed by atoms with van der Waals surface area (Å²) in [7, 11) is -2.84. The Morgan fingerprint density at radius 1 is 1.00 bits per heavy atom. The van der Waals surface area contributed by atoms with Crippen LogP contribution in [0.2, 0.25) is 0 Å². The fourth-order valence-corrected chi connectivity index (χ4v) is 1.99. The Balaban J connectivity index is 0. The molecule has 1 N–H and O–H groups in total. The predicted octanol–water partition coefficient (Wildman–Crippen LogP) is 2.91. The fraction of sp³-hybridized carbons (Fsp3) is 1.00. The van der Waals surface area contributed by atoms with E-state index in [0.29, 0.717) is 6.42 Å². The lowest BCUT2D eigenvalue weighted by molar-refractivity contribution is -0.445. The highest BCUT2D eigenvalue weighted by Gasteiger charge is 2.02. The average Bonchev–Trinajstić information content (AvgIpc) is 2.19. The van der Waals surface area contributed by atoms with E-state index in [0.717, 1.165) is 19.9 Å². The summed E-state index contributed by atoms with van der Waals surface area (Å²) in [6, 6.07) is 0. The van der Waals surface area contributed by atoms with E-state index < -0.39 is 15.0 Å². The highest BCUT2D eigenvalue weighted by atomic mass is 32.2. The van der Waals surface area contributed by atoms with Crippen molar-refractivity contribution in [2.45, 2.75) is 58.3 Å². The molecular formula is C11H25NO5S. The molecule has 0 aliphatic heterocycles. The molecule has 0 saturated carbocycles. The maximum absolute atomic E-state index is 10.4. The first kappa shape index (κ1) is 19.6. The Labute approximate surface area is 110 Å². The van der Waals surface area contributed by atoms with Crippen LogP contribution in [-0.4, -0.2) is 30.7 Å². The normalized spacial score (nSPS) is 10.6. The molecule has 0 bridgehead atoms. The largest absolute Gasteiger partial charge is 0.286 e. The van der Waals surface area contributed by atoms with Crippen LogP contribution in [0.5, 0.6) is 0 Å². The molecule has 0 aliphatic rings. The van der Waals surface area contributed by atoms with E-state index >= 15 is 0 Å². The molecule has 0 aliphatic carbocycles. The van der Waals surface area contributed by atoms with E-state index in [9.17, 15) is 8.42 Å². The van der Waals surface area contributed by atoms with Gasteiger partial charge in [0.1, 0.15) is 0 Å². The standard InChI is InChI=1S/C10H22O3S.CH3NO2/c1-2-3-4-5-6-7-8-9-10-14(11,12)13;1-2(3)4/h2-10H2,1H3,(H,11,12,13);1H3. The molecule has 0 aromatic heterocycles. The van der Waals surface area contributed by atoms with Crippen LogP contribution < -0.4 is 0 Å². The van der Waals surface area contributed by atoms with Crippen molar-refractivity contribution in [3.05, 3.63) is 10.1 Å². The van der Waals surface area contributed by atoms with Crippen molar-refractivity contribution in [2.75, 3.05) is 12.8 Å². The van der Waals surface area contributed by atoms with E-state index in [2.05, 4.69) is 6.92 Å². The minimum atomic E-state index is -3.73. The summed E-state index contributed by atoms with van der Waals surface area (Å²) >= 11 is 0. The maximum Gasteiger partial charge on any atom is 0.264 e. The van der Waals surface area contributed by atoms with Crippen LogP contribution in [0.3, 0.4) is 0 Å². The van der Waals surface area contributed by atoms with Crippen LogP contribution in [0.1, 0.15) is 58.3 Å². The van der Waals surface area contributed by atoms with Crippen LogP contribution in [-0.2, 0) is 10.1 Å². The van der Waals surface area contributed by atoms with Gasteiger partial charge in [-0.15, -0.1) is 0 Å². The number of hydrogen-bond donors (Lipinski definition) is 1. The van der Waals surface area contributed by atoms with Crippen molar-refractivity contribution in [1.29, 1.82) is 0 Å². The molecule has 0 saturated heterocycles. The predicted molar refractivity (Wildman–Crippen MR) is 71.9 cm³/mol. The number of nitro groups is 1. The molecule has 0 radical (unpaired) electrons. The van der Waals surface area contributed by atoms with Gasteiger partial charge in [0.05, 0.1) is 5.75 Å². The van der Waals surface area contributed by atoms with Gasteiger partial charge in [0, 0.05) is 4.92 Å². The Morgan fingerprint density at radius 3 is 1.67 bits per heavy atom. The SMILES string of the molecule is CCCCCCCCCCS(=O)(=O)O.C[N+](=O)[O-]. The third-order valence-electron chi connectivity index (χ3n) is 2.26. The molecule has 0 fully saturated rings. The molecule has 0 spiro atoms. The molecule has 0 atom stereocenters. The Morgan fingerprint density at radius 2 is 1.33 bits per heavy atom. The Bertz CT molecular complexity index is 286. The summed E-state index contributed by atoms with van der Waals surface area (Å²) in [6.45, 7) is 2.19. The average molecular weight is 283 g/mol. The minimum Gasteiger partial charge on any atom is -0.286 e. The third kappa shape index (κ3) is 29.5. The van der Waals surface area contributed by atoms with Crippen molar-refractivity contribution in [1.82, 2.24) is 0 Å². The van der Waals surface area contributed by atoms with Gasteiger partial charge in [-0.1, -0.05) is 51.9 Å². The lowest BCUT2D eigenvalue weighted by Gasteiger charge is -2.00. The van der Waals surface area contributed by atoms with Crippen LogP contribution in [0.25, 0.3) is 0 Å². The number of unbranched alkanes of at least 4 members (excludes halogenated alkanes) is 7. The van der Waals surface area contributed by atoms with Crippen LogP contribution in [0.4, 0.5) is 0 Å². The molecule has 18 heavy (non-hydrogen) atoms. The quantitative estimate of drug-likeness (QED) is 0.303. The first-order chi connectivity index (χ1) is 8.29. The molecule has 6 nitrogen and oxygen atoms in total. The fourth-order valence-electron chi connectivity index (χ4n) is 1.42. The van der Waals surface area contributed by atoms with Crippen LogP contribution >= 0.6 is 0 Å². The number of hydrogen-bond acceptors (Lipinski definition) is 4. The van der Waals surface area contributed by atoms with Gasteiger partial charge >= 0.3 is 0 Å². The molecule has 0 aromatic carbocycles. The summed E-state index contributed by atoms with van der Waals surface area (Å²) in [5.41, 5.74) is 0. The zero-order valence-electron chi connectivity index (χ0n) is 11.3. The summed E-state index contributed by atoms with van der Waals surface area (Å²) in [5.74, 6) is -0.0814. The smallest absolute Gasteiger partial charge is 0.264 e. The van der Waals surface area contributed by atoms with E-state index in [1.54, 1.807) is 0 Å². The molecule has 0 unspecified atom stereocenters. The molecule has 7 heteroatoms. The zero-order chi connectivity index (χ0) is 14.4. The first-order valence-electron chi connectivity index (χ1n) is 6.32.